The third-order valence-electron chi connectivity index (χ3n) is 4.21. The monoisotopic (exact) mass is 390 g/mol. The van der Waals surface area contributed by atoms with Crippen molar-refractivity contribution in [1.29, 1.82) is 0 Å². The SMILES string of the molecule is CCOC(=O)c1ccccc1NC(=O)c1cc(Nc2ccc(C)cc2C)ncn1. The molecule has 3 rings (SSSR count). The van der Waals surface area contributed by atoms with Crippen molar-refractivity contribution in [2.24, 2.45) is 0 Å². The molecule has 0 saturated heterocycles. The summed E-state index contributed by atoms with van der Waals surface area (Å²) < 4.78 is 5.04. The molecule has 0 unspecified atom stereocenters. The topological polar surface area (TPSA) is 93.2 Å². The van der Waals surface area contributed by atoms with Crippen LogP contribution < -0.4 is 10.6 Å². The second-order valence-corrected chi connectivity index (χ2v) is 6.45. The molecule has 29 heavy (non-hydrogen) atoms. The molecule has 0 aliphatic rings. The maximum atomic E-state index is 12.7. The number of hydrogen-bond donors (Lipinski definition) is 2. The Balaban J connectivity index is 1.79. The minimum atomic E-state index is -0.497. The van der Waals surface area contributed by atoms with Crippen LogP contribution in [0.4, 0.5) is 17.2 Å². The fourth-order valence-corrected chi connectivity index (χ4v) is 2.81. The zero-order valence-corrected chi connectivity index (χ0v) is 16.5. The van der Waals surface area contributed by atoms with E-state index in [9.17, 15) is 9.59 Å². The van der Waals surface area contributed by atoms with E-state index in [1.807, 2.05) is 26.0 Å². The lowest BCUT2D eigenvalue weighted by Gasteiger charge is -2.12. The number of ether oxygens (including phenoxy) is 1. The predicted molar refractivity (Wildman–Crippen MR) is 112 cm³/mol. The molecule has 7 nitrogen and oxygen atoms in total. The number of carbonyl (C=O) groups excluding carboxylic acids is 2. The van der Waals surface area contributed by atoms with Crippen LogP contribution in [-0.4, -0.2) is 28.5 Å². The minimum absolute atomic E-state index is 0.172. The molecule has 0 atom stereocenters. The number of nitrogens with one attached hydrogen (secondary N) is 2. The molecule has 0 spiro atoms. The summed E-state index contributed by atoms with van der Waals surface area (Å²) in [5, 5.41) is 5.92. The van der Waals surface area contributed by atoms with Crippen molar-refractivity contribution in [2.45, 2.75) is 20.8 Å². The van der Waals surface area contributed by atoms with Crippen LogP contribution in [0.3, 0.4) is 0 Å². The van der Waals surface area contributed by atoms with Gasteiger partial charge < -0.3 is 15.4 Å². The smallest absolute Gasteiger partial charge is 0.340 e. The molecule has 1 heterocycles. The van der Waals surface area contributed by atoms with Crippen LogP contribution in [0.1, 0.15) is 38.9 Å². The Bertz CT molecular complexity index is 1050. The zero-order valence-electron chi connectivity index (χ0n) is 16.5. The van der Waals surface area contributed by atoms with Crippen LogP contribution in [0.25, 0.3) is 0 Å². The fourth-order valence-electron chi connectivity index (χ4n) is 2.81. The summed E-state index contributed by atoms with van der Waals surface area (Å²) in [6.45, 7) is 6.00. The Morgan fingerprint density at radius 2 is 1.79 bits per heavy atom. The number of anilines is 3. The van der Waals surface area contributed by atoms with E-state index in [0.717, 1.165) is 16.8 Å². The van der Waals surface area contributed by atoms with E-state index >= 15 is 0 Å². The minimum Gasteiger partial charge on any atom is -0.462 e. The van der Waals surface area contributed by atoms with Gasteiger partial charge in [0.1, 0.15) is 17.8 Å². The van der Waals surface area contributed by atoms with Crippen LogP contribution in [0.5, 0.6) is 0 Å². The standard InChI is InChI=1S/C22H22N4O3/c1-4-29-22(28)16-7-5-6-8-18(16)26-21(27)19-12-20(24-13-23-19)25-17-10-9-14(2)11-15(17)3/h5-13H,4H2,1-3H3,(H,26,27)(H,23,24,25). The number of amides is 1. The number of benzene rings is 2. The van der Waals surface area contributed by atoms with Crippen molar-refractivity contribution in [2.75, 3.05) is 17.2 Å². The number of carbonyl (C=O) groups is 2. The molecule has 148 valence electrons. The van der Waals surface area contributed by atoms with E-state index in [0.29, 0.717) is 11.5 Å². The lowest BCUT2D eigenvalue weighted by Crippen LogP contribution is -2.17. The Labute approximate surface area is 169 Å². The third kappa shape index (κ3) is 4.95. The summed E-state index contributed by atoms with van der Waals surface area (Å²) in [4.78, 5) is 33.0. The van der Waals surface area contributed by atoms with Crippen LogP contribution in [-0.2, 0) is 4.74 Å². The highest BCUT2D eigenvalue weighted by Crippen LogP contribution is 2.21. The van der Waals surface area contributed by atoms with E-state index < -0.39 is 11.9 Å². The Morgan fingerprint density at radius 3 is 2.55 bits per heavy atom. The molecular formula is C22H22N4O3. The highest BCUT2D eigenvalue weighted by atomic mass is 16.5. The van der Waals surface area contributed by atoms with Gasteiger partial charge in [0.25, 0.3) is 5.91 Å². The van der Waals surface area contributed by atoms with E-state index in [4.69, 9.17) is 4.74 Å². The van der Waals surface area contributed by atoms with Gasteiger partial charge in [-0.05, 0) is 44.5 Å². The number of para-hydroxylation sites is 1. The maximum Gasteiger partial charge on any atom is 0.340 e. The number of rotatable bonds is 6. The summed E-state index contributed by atoms with van der Waals surface area (Å²) in [6.07, 6.45) is 1.32. The third-order valence-corrected chi connectivity index (χ3v) is 4.21. The second kappa shape index (κ2) is 8.97. The number of esters is 1. The van der Waals surface area contributed by atoms with Crippen molar-refractivity contribution in [1.82, 2.24) is 9.97 Å². The van der Waals surface area contributed by atoms with E-state index in [1.54, 1.807) is 37.3 Å². The maximum absolute atomic E-state index is 12.7. The predicted octanol–water partition coefficient (Wildman–Crippen LogP) is 4.27. The largest absolute Gasteiger partial charge is 0.462 e. The van der Waals surface area contributed by atoms with Crippen LogP contribution in [0, 0.1) is 13.8 Å². The van der Waals surface area contributed by atoms with Gasteiger partial charge in [-0.3, -0.25) is 4.79 Å². The normalized spacial score (nSPS) is 10.3. The Morgan fingerprint density at radius 1 is 1.00 bits per heavy atom. The van der Waals surface area contributed by atoms with Gasteiger partial charge in [-0.15, -0.1) is 0 Å². The first-order chi connectivity index (χ1) is 14.0. The Hall–Kier alpha value is -3.74. The number of aromatic nitrogens is 2. The average Bonchev–Trinajstić information content (AvgIpc) is 2.71. The van der Waals surface area contributed by atoms with Crippen molar-refractivity contribution in [3.63, 3.8) is 0 Å². The molecular weight excluding hydrogens is 368 g/mol. The summed E-state index contributed by atoms with van der Waals surface area (Å²) in [7, 11) is 0. The van der Waals surface area contributed by atoms with Crippen LogP contribution in [0.2, 0.25) is 0 Å². The van der Waals surface area contributed by atoms with E-state index in [-0.39, 0.29) is 17.9 Å². The van der Waals surface area contributed by atoms with E-state index in [1.165, 1.54) is 6.33 Å². The second-order valence-electron chi connectivity index (χ2n) is 6.45. The summed E-state index contributed by atoms with van der Waals surface area (Å²) in [5.74, 6) is -0.452. The molecule has 0 saturated carbocycles. The van der Waals surface area contributed by atoms with Crippen LogP contribution in [0.15, 0.2) is 54.9 Å². The van der Waals surface area contributed by atoms with Gasteiger partial charge in [-0.25, -0.2) is 14.8 Å². The molecule has 1 aromatic heterocycles. The lowest BCUT2D eigenvalue weighted by atomic mass is 10.1. The van der Waals surface area contributed by atoms with Crippen molar-refractivity contribution >= 4 is 29.1 Å². The molecule has 0 bridgehead atoms. The van der Waals surface area contributed by atoms with Gasteiger partial charge >= 0.3 is 5.97 Å². The molecule has 7 heteroatoms. The number of aryl methyl sites for hydroxylation is 2. The lowest BCUT2D eigenvalue weighted by molar-refractivity contribution is 0.0527. The number of hydrogen-bond acceptors (Lipinski definition) is 6. The summed E-state index contributed by atoms with van der Waals surface area (Å²) in [5.41, 5.74) is 3.94. The molecule has 0 radical (unpaired) electrons. The molecule has 1 amide bonds. The summed E-state index contributed by atoms with van der Waals surface area (Å²) in [6, 6.07) is 14.2. The Kier molecular flexibility index (Phi) is 6.19. The molecule has 0 fully saturated rings. The van der Waals surface area contributed by atoms with Gasteiger partial charge in [-0.1, -0.05) is 29.8 Å². The molecule has 3 aromatic rings. The quantitative estimate of drug-likeness (QED) is 0.611. The first kappa shape index (κ1) is 20.0. The van der Waals surface area contributed by atoms with Crippen LogP contribution >= 0.6 is 0 Å². The highest BCUT2D eigenvalue weighted by molar-refractivity contribution is 6.07. The van der Waals surface area contributed by atoms with Crippen molar-refractivity contribution in [3.05, 3.63) is 77.2 Å². The van der Waals surface area contributed by atoms with Crippen molar-refractivity contribution in [3.8, 4) is 0 Å². The van der Waals surface area contributed by atoms with Gasteiger partial charge in [0, 0.05) is 11.8 Å². The van der Waals surface area contributed by atoms with Gasteiger partial charge in [-0.2, -0.15) is 0 Å². The van der Waals surface area contributed by atoms with Gasteiger partial charge in [0.15, 0.2) is 0 Å². The first-order valence-electron chi connectivity index (χ1n) is 9.21. The molecule has 2 aromatic carbocycles. The fraction of sp³-hybridized carbons (Fsp3) is 0.182. The van der Waals surface area contributed by atoms with Gasteiger partial charge in [0.2, 0.25) is 0 Å². The van der Waals surface area contributed by atoms with Crippen molar-refractivity contribution < 1.29 is 14.3 Å². The highest BCUT2D eigenvalue weighted by Gasteiger charge is 2.16. The summed E-state index contributed by atoms with van der Waals surface area (Å²) >= 11 is 0. The number of nitrogens with zero attached hydrogens (tertiary/aromatic N) is 2. The molecule has 2 N–H and O–H groups in total. The van der Waals surface area contributed by atoms with Gasteiger partial charge in [0.05, 0.1) is 17.9 Å². The van der Waals surface area contributed by atoms with E-state index in [2.05, 4.69) is 26.7 Å². The average molecular weight is 390 g/mol. The molecule has 0 aliphatic heterocycles. The molecule has 0 aliphatic carbocycles. The zero-order chi connectivity index (χ0) is 20.8. The first-order valence-corrected chi connectivity index (χ1v) is 9.21.